The Bertz CT molecular complexity index is 1080. The van der Waals surface area contributed by atoms with Gasteiger partial charge in [0.25, 0.3) is 5.91 Å². The van der Waals surface area contributed by atoms with Gasteiger partial charge >= 0.3 is 0 Å². The second-order valence-electron chi connectivity index (χ2n) is 9.25. The molecule has 1 saturated heterocycles. The molecule has 2 aromatic rings. The second-order valence-corrected chi connectivity index (χ2v) is 10.3. The fourth-order valence-corrected chi connectivity index (χ4v) is 5.60. The molecular weight excluding hydrogens is 402 g/mol. The highest BCUT2D eigenvalue weighted by atomic mass is 32.2. The summed E-state index contributed by atoms with van der Waals surface area (Å²) in [5, 5.41) is 3.53. The van der Waals surface area contributed by atoms with E-state index in [1.165, 1.54) is 34.1 Å². The van der Waals surface area contributed by atoms with Gasteiger partial charge in [0.2, 0.25) is 0 Å². The number of hydrogen-bond donors (Lipinski definition) is 1. The normalized spacial score (nSPS) is 22.7. The van der Waals surface area contributed by atoms with Crippen LogP contribution in [0.5, 0.6) is 0 Å². The largest absolute Gasteiger partial charge is 0.366 e. The number of amidine groups is 1. The first-order valence-corrected chi connectivity index (χ1v) is 11.8. The summed E-state index contributed by atoms with van der Waals surface area (Å²) >= 11 is 1.40. The number of nitrogens with one attached hydrogen (secondary N) is 1. The maximum atomic E-state index is 12.6. The maximum Gasteiger partial charge on any atom is 0.264 e. The minimum atomic E-state index is -0.0858. The fourth-order valence-electron chi connectivity index (χ4n) is 4.76. The van der Waals surface area contributed by atoms with Gasteiger partial charge in [-0.05, 0) is 106 Å². The first-order valence-electron chi connectivity index (χ1n) is 11.0. The van der Waals surface area contributed by atoms with Crippen LogP contribution in [0.25, 0.3) is 6.08 Å². The number of fused-ring (bicyclic) bond motifs is 1. The first kappa shape index (κ1) is 21.7. The van der Waals surface area contributed by atoms with Crippen molar-refractivity contribution in [1.82, 2.24) is 5.32 Å². The smallest absolute Gasteiger partial charge is 0.264 e. The van der Waals surface area contributed by atoms with E-state index >= 15 is 0 Å². The molecule has 1 N–H and O–H groups in total. The monoisotopic (exact) mass is 433 g/mol. The molecule has 31 heavy (non-hydrogen) atoms. The van der Waals surface area contributed by atoms with Crippen molar-refractivity contribution in [2.75, 3.05) is 11.4 Å². The van der Waals surface area contributed by atoms with Crippen molar-refractivity contribution in [2.24, 2.45) is 4.99 Å². The predicted molar refractivity (Wildman–Crippen MR) is 133 cm³/mol. The molecule has 5 heteroatoms. The van der Waals surface area contributed by atoms with Crippen LogP contribution >= 0.6 is 11.8 Å². The van der Waals surface area contributed by atoms with Gasteiger partial charge in [-0.15, -0.1) is 0 Å². The highest BCUT2D eigenvalue weighted by Gasteiger charge is 2.35. The Hall–Kier alpha value is -2.53. The summed E-state index contributed by atoms with van der Waals surface area (Å²) in [6, 6.07) is 12.6. The van der Waals surface area contributed by atoms with Crippen molar-refractivity contribution in [1.29, 1.82) is 0 Å². The van der Waals surface area contributed by atoms with E-state index in [1.807, 2.05) is 37.3 Å². The predicted octanol–water partition coefficient (Wildman–Crippen LogP) is 6.31. The van der Waals surface area contributed by atoms with Crippen molar-refractivity contribution in [3.8, 4) is 0 Å². The summed E-state index contributed by atoms with van der Waals surface area (Å²) in [6.45, 7) is 14.4. The minimum Gasteiger partial charge on any atom is -0.366 e. The molecule has 2 aliphatic heterocycles. The number of thioether (sulfide) groups is 1. The number of rotatable bonds is 3. The zero-order chi connectivity index (χ0) is 22.3. The number of nitrogens with zero attached hydrogens (tertiary/aromatic N) is 2. The third-order valence-corrected chi connectivity index (χ3v) is 7.20. The lowest BCUT2D eigenvalue weighted by molar-refractivity contribution is -0.115. The molecule has 2 aromatic carbocycles. The molecule has 1 amide bonds. The Balaban J connectivity index is 1.66. The lowest BCUT2D eigenvalue weighted by Gasteiger charge is -2.47. The number of amides is 1. The molecule has 2 heterocycles. The standard InChI is InChI=1S/C26H31N3OS/c1-7-29-22-12-17(3)19(13-21(22)18(4)15-26(29,5)6)14-23-24(30)28-25(31-23)27-20-10-8-16(2)9-11-20/h8-14,18H,7,15H2,1-6H3,(H,27,28,30)/b23-14-/t18-/m0/s1. The molecule has 1 fully saturated rings. The Morgan fingerprint density at radius 1 is 1.23 bits per heavy atom. The lowest BCUT2D eigenvalue weighted by Crippen LogP contribution is -2.48. The third kappa shape index (κ3) is 4.29. The van der Waals surface area contributed by atoms with Crippen molar-refractivity contribution in [2.45, 2.75) is 59.4 Å². The van der Waals surface area contributed by atoms with Crippen LogP contribution in [0.4, 0.5) is 11.4 Å². The summed E-state index contributed by atoms with van der Waals surface area (Å²) in [7, 11) is 0. The average molecular weight is 434 g/mol. The van der Waals surface area contributed by atoms with Crippen molar-refractivity contribution >= 4 is 40.3 Å². The molecule has 0 aliphatic carbocycles. The van der Waals surface area contributed by atoms with Gasteiger partial charge in [-0.2, -0.15) is 0 Å². The molecule has 162 valence electrons. The van der Waals surface area contributed by atoms with Crippen LogP contribution in [0.15, 0.2) is 46.3 Å². The molecule has 0 bridgehead atoms. The Labute approximate surface area is 189 Å². The van der Waals surface area contributed by atoms with E-state index in [4.69, 9.17) is 0 Å². The number of hydrogen-bond acceptors (Lipinski definition) is 4. The van der Waals surface area contributed by atoms with Crippen LogP contribution in [-0.4, -0.2) is 23.2 Å². The quantitative estimate of drug-likeness (QED) is 0.577. The fraction of sp³-hybridized carbons (Fsp3) is 0.385. The molecule has 0 unspecified atom stereocenters. The van der Waals surface area contributed by atoms with Crippen LogP contribution < -0.4 is 10.2 Å². The molecule has 2 aliphatic rings. The van der Waals surface area contributed by atoms with Gasteiger partial charge in [0.1, 0.15) is 0 Å². The first-order chi connectivity index (χ1) is 14.7. The number of anilines is 1. The number of aryl methyl sites for hydroxylation is 2. The highest BCUT2D eigenvalue weighted by molar-refractivity contribution is 8.18. The van der Waals surface area contributed by atoms with Gasteiger partial charge < -0.3 is 10.2 Å². The molecule has 0 radical (unpaired) electrons. The number of benzene rings is 2. The molecule has 0 aromatic heterocycles. The summed E-state index contributed by atoms with van der Waals surface area (Å²) in [6.07, 6.45) is 3.13. The van der Waals surface area contributed by atoms with Crippen LogP contribution in [-0.2, 0) is 4.79 Å². The molecule has 1 atom stereocenters. The molecule has 0 saturated carbocycles. The minimum absolute atomic E-state index is 0.0858. The van der Waals surface area contributed by atoms with Gasteiger partial charge in [-0.25, -0.2) is 4.99 Å². The van der Waals surface area contributed by atoms with Crippen LogP contribution in [0.1, 0.15) is 62.3 Å². The average Bonchev–Trinajstić information content (AvgIpc) is 3.03. The zero-order valence-electron chi connectivity index (χ0n) is 19.2. The van der Waals surface area contributed by atoms with Crippen LogP contribution in [0.3, 0.4) is 0 Å². The van der Waals surface area contributed by atoms with Gasteiger partial charge in [-0.3, -0.25) is 4.79 Å². The summed E-state index contributed by atoms with van der Waals surface area (Å²) < 4.78 is 0. The van der Waals surface area contributed by atoms with E-state index in [1.54, 1.807) is 0 Å². The van der Waals surface area contributed by atoms with Crippen molar-refractivity contribution in [3.63, 3.8) is 0 Å². The zero-order valence-corrected chi connectivity index (χ0v) is 20.1. The van der Waals surface area contributed by atoms with Crippen LogP contribution in [0, 0.1) is 13.8 Å². The van der Waals surface area contributed by atoms with E-state index in [0.717, 1.165) is 24.2 Å². The van der Waals surface area contributed by atoms with E-state index < -0.39 is 0 Å². The van der Waals surface area contributed by atoms with Crippen molar-refractivity contribution in [3.05, 3.63) is 63.6 Å². The number of aliphatic imine (C=N–C) groups is 1. The summed E-state index contributed by atoms with van der Waals surface area (Å²) in [5.74, 6) is 0.395. The summed E-state index contributed by atoms with van der Waals surface area (Å²) in [4.78, 5) is 20.4. The van der Waals surface area contributed by atoms with Crippen molar-refractivity contribution < 1.29 is 4.79 Å². The van der Waals surface area contributed by atoms with Gasteiger partial charge in [-0.1, -0.05) is 24.6 Å². The number of carbonyl (C=O) groups excluding carboxylic acids is 1. The SMILES string of the molecule is CCN1c2cc(C)c(/C=C3\SC(=Nc4ccc(C)cc4)NC3=O)cc2[C@@H](C)CC1(C)C. The van der Waals surface area contributed by atoms with E-state index in [0.29, 0.717) is 16.0 Å². The molecular formula is C26H31N3OS. The topological polar surface area (TPSA) is 44.7 Å². The summed E-state index contributed by atoms with van der Waals surface area (Å²) in [5.41, 5.74) is 7.18. The molecule has 4 nitrogen and oxygen atoms in total. The Morgan fingerprint density at radius 3 is 2.61 bits per heavy atom. The highest BCUT2D eigenvalue weighted by Crippen LogP contribution is 2.44. The van der Waals surface area contributed by atoms with E-state index in [2.05, 4.69) is 62.0 Å². The number of carbonyl (C=O) groups is 1. The van der Waals surface area contributed by atoms with E-state index in [9.17, 15) is 4.79 Å². The van der Waals surface area contributed by atoms with Gasteiger partial charge in [0.05, 0.1) is 10.6 Å². The maximum absolute atomic E-state index is 12.6. The van der Waals surface area contributed by atoms with Crippen LogP contribution in [0.2, 0.25) is 0 Å². The third-order valence-electron chi connectivity index (χ3n) is 6.29. The Kier molecular flexibility index (Phi) is 5.73. The van der Waals surface area contributed by atoms with Gasteiger partial charge in [0.15, 0.2) is 5.17 Å². The molecule has 4 rings (SSSR count). The lowest BCUT2D eigenvalue weighted by atomic mass is 9.79. The van der Waals surface area contributed by atoms with E-state index in [-0.39, 0.29) is 11.4 Å². The Morgan fingerprint density at radius 2 is 1.94 bits per heavy atom. The van der Waals surface area contributed by atoms with Gasteiger partial charge in [0, 0.05) is 17.8 Å². The second kappa shape index (κ2) is 8.19. The molecule has 0 spiro atoms.